The predicted octanol–water partition coefficient (Wildman–Crippen LogP) is 2.97. The molecular weight excluding hydrogens is 624 g/mol. The largest absolute Gasteiger partial charge is 0.504 e. The highest BCUT2D eigenvalue weighted by Gasteiger charge is 2.36. The quantitative estimate of drug-likeness (QED) is 0.0746. The normalized spacial score (nSPS) is 11.0. The van der Waals surface area contributed by atoms with Gasteiger partial charge >= 0.3 is 0 Å². The molecule has 4 amide bonds. The Hall–Kier alpha value is -5.66. The third-order valence-electron chi connectivity index (χ3n) is 7.95. The summed E-state index contributed by atoms with van der Waals surface area (Å²) in [6.45, 7) is 2.52. The fourth-order valence-corrected chi connectivity index (χ4v) is 5.38. The molecule has 48 heavy (non-hydrogen) atoms. The van der Waals surface area contributed by atoms with E-state index in [1.165, 1.54) is 54.6 Å². The van der Waals surface area contributed by atoms with Gasteiger partial charge in [0.05, 0.1) is 16.7 Å². The predicted molar refractivity (Wildman–Crippen MR) is 175 cm³/mol. The first-order valence-corrected chi connectivity index (χ1v) is 15.6. The molecule has 14 heteroatoms. The number of phenolic OH excluding ortho intramolecular Hbond substituents is 6. The second kappa shape index (κ2) is 17.3. The van der Waals surface area contributed by atoms with E-state index in [0.29, 0.717) is 45.1 Å². The number of hydrogen-bond donors (Lipinski definition) is 10. The molecule has 0 fully saturated rings. The average Bonchev–Trinajstić information content (AvgIpc) is 3.06. The lowest BCUT2D eigenvalue weighted by molar-refractivity contribution is -0.132. The first-order chi connectivity index (χ1) is 22.9. The molecule has 0 saturated carbocycles. The highest BCUT2D eigenvalue weighted by Crippen LogP contribution is 2.36. The maximum absolute atomic E-state index is 13.6. The Balaban J connectivity index is 1.70. The topological polar surface area (TPSA) is 238 Å². The smallest absolute Gasteiger partial charge is 0.255 e. The van der Waals surface area contributed by atoms with Gasteiger partial charge < -0.3 is 51.9 Å². The molecular formula is C34H42N4O10. The Morgan fingerprint density at radius 3 is 1.12 bits per heavy atom. The highest BCUT2D eigenvalue weighted by atomic mass is 16.3. The molecule has 0 radical (unpaired) electrons. The van der Waals surface area contributed by atoms with Gasteiger partial charge in [-0.05, 0) is 81.8 Å². The van der Waals surface area contributed by atoms with Crippen LogP contribution in [0.15, 0.2) is 54.6 Å². The number of hydrogen-bond acceptors (Lipinski definition) is 10. The van der Waals surface area contributed by atoms with E-state index in [4.69, 9.17) is 0 Å². The lowest BCUT2D eigenvalue weighted by Crippen LogP contribution is -2.43. The van der Waals surface area contributed by atoms with Gasteiger partial charge in [0.2, 0.25) is 5.91 Å². The summed E-state index contributed by atoms with van der Waals surface area (Å²) in [4.78, 5) is 51.5. The van der Waals surface area contributed by atoms with E-state index < -0.39 is 57.6 Å². The fourth-order valence-electron chi connectivity index (χ4n) is 5.38. The van der Waals surface area contributed by atoms with Crippen molar-refractivity contribution in [3.05, 3.63) is 71.3 Å². The van der Waals surface area contributed by atoms with Gasteiger partial charge in [-0.1, -0.05) is 18.2 Å². The van der Waals surface area contributed by atoms with Crippen molar-refractivity contribution in [1.82, 2.24) is 21.3 Å². The molecule has 0 aliphatic carbocycles. The number of carbonyl (C=O) groups excluding carboxylic acids is 4. The summed E-state index contributed by atoms with van der Waals surface area (Å²) in [5.74, 6) is -5.03. The number of phenols is 6. The molecule has 3 rings (SSSR count). The molecule has 3 aromatic rings. The van der Waals surface area contributed by atoms with Crippen LogP contribution in [0.2, 0.25) is 0 Å². The molecule has 0 aromatic heterocycles. The SMILES string of the molecule is CCNC(=O)C(CCCNC(=O)c1cccc(O)c1O)(CCCNC(=O)c1cccc(O)c1O)CCCNC(=O)c1cccc(O)c1O. The highest BCUT2D eigenvalue weighted by molar-refractivity contribution is 5.98. The van der Waals surface area contributed by atoms with Crippen molar-refractivity contribution in [2.24, 2.45) is 5.41 Å². The van der Waals surface area contributed by atoms with Crippen molar-refractivity contribution in [2.75, 3.05) is 26.2 Å². The third kappa shape index (κ3) is 9.44. The molecule has 0 unspecified atom stereocenters. The van der Waals surface area contributed by atoms with Gasteiger partial charge in [0, 0.05) is 31.6 Å². The minimum atomic E-state index is -0.996. The van der Waals surface area contributed by atoms with Crippen molar-refractivity contribution in [2.45, 2.75) is 45.4 Å². The number of para-hydroxylation sites is 3. The number of benzene rings is 3. The van der Waals surface area contributed by atoms with Crippen LogP contribution in [-0.4, -0.2) is 80.4 Å². The summed E-state index contributed by atoms with van der Waals surface area (Å²) in [7, 11) is 0. The fraction of sp³-hybridized carbons (Fsp3) is 0.353. The Bertz CT molecular complexity index is 1440. The van der Waals surface area contributed by atoms with Crippen LogP contribution >= 0.6 is 0 Å². The molecule has 0 atom stereocenters. The summed E-state index contributed by atoms with van der Waals surface area (Å²) in [5, 5.41) is 70.2. The van der Waals surface area contributed by atoms with Crippen LogP contribution in [0.1, 0.15) is 76.5 Å². The van der Waals surface area contributed by atoms with Crippen molar-refractivity contribution in [3.8, 4) is 34.5 Å². The summed E-state index contributed by atoms with van der Waals surface area (Å²) in [5.41, 5.74) is -1.31. The first-order valence-electron chi connectivity index (χ1n) is 15.6. The standard InChI is InChI=1S/C34H42N4O10/c1-2-35-33(48)34(15-6-18-36-30(45)21-9-3-12-24(39)27(21)42,16-7-19-37-31(46)22-10-4-13-25(40)28(22)43)17-8-20-38-32(47)23-11-5-14-26(41)29(23)44/h3-5,9-14,39-44H,2,6-8,15-20H2,1H3,(H,35,48)(H,36,45)(H,37,46)(H,38,47). The molecule has 0 saturated heterocycles. The van der Waals surface area contributed by atoms with E-state index in [1.807, 2.05) is 0 Å². The second-order valence-corrected chi connectivity index (χ2v) is 11.2. The first kappa shape index (κ1) is 36.8. The minimum Gasteiger partial charge on any atom is -0.504 e. The maximum Gasteiger partial charge on any atom is 0.255 e. The molecule has 0 heterocycles. The van der Waals surface area contributed by atoms with Crippen LogP contribution in [0.4, 0.5) is 0 Å². The zero-order valence-corrected chi connectivity index (χ0v) is 26.6. The zero-order valence-electron chi connectivity index (χ0n) is 26.6. The Morgan fingerprint density at radius 1 is 0.521 bits per heavy atom. The summed E-state index contributed by atoms with van der Waals surface area (Å²) >= 11 is 0. The number of carbonyl (C=O) groups is 4. The molecule has 258 valence electrons. The van der Waals surface area contributed by atoms with Gasteiger partial charge in [0.25, 0.3) is 17.7 Å². The van der Waals surface area contributed by atoms with Gasteiger partial charge in [-0.25, -0.2) is 0 Å². The number of nitrogens with one attached hydrogen (secondary N) is 4. The molecule has 0 aliphatic rings. The molecule has 0 aliphatic heterocycles. The van der Waals surface area contributed by atoms with Crippen LogP contribution in [0, 0.1) is 5.41 Å². The Kier molecular flexibility index (Phi) is 13.3. The van der Waals surface area contributed by atoms with E-state index in [0.717, 1.165) is 0 Å². The summed E-state index contributed by atoms with van der Waals surface area (Å²) < 4.78 is 0. The van der Waals surface area contributed by atoms with Crippen LogP contribution in [0.25, 0.3) is 0 Å². The Labute approximate surface area is 277 Å². The van der Waals surface area contributed by atoms with Gasteiger partial charge in [0.15, 0.2) is 34.5 Å². The van der Waals surface area contributed by atoms with Crippen LogP contribution in [0.3, 0.4) is 0 Å². The lowest BCUT2D eigenvalue weighted by atomic mass is 9.74. The van der Waals surface area contributed by atoms with Crippen molar-refractivity contribution >= 4 is 23.6 Å². The molecule has 10 N–H and O–H groups in total. The molecule has 0 bridgehead atoms. The van der Waals surface area contributed by atoms with Crippen molar-refractivity contribution in [1.29, 1.82) is 0 Å². The average molecular weight is 667 g/mol. The number of aromatic hydroxyl groups is 6. The lowest BCUT2D eigenvalue weighted by Gasteiger charge is -2.33. The van der Waals surface area contributed by atoms with E-state index in [1.54, 1.807) is 6.92 Å². The van der Waals surface area contributed by atoms with Crippen molar-refractivity contribution in [3.63, 3.8) is 0 Å². The zero-order chi connectivity index (χ0) is 35.3. The van der Waals surface area contributed by atoms with Gasteiger partial charge in [-0.3, -0.25) is 19.2 Å². The van der Waals surface area contributed by atoms with Crippen LogP contribution in [-0.2, 0) is 4.79 Å². The number of rotatable bonds is 17. The van der Waals surface area contributed by atoms with Gasteiger partial charge in [0.1, 0.15) is 0 Å². The summed E-state index contributed by atoms with van der Waals surface area (Å²) in [6, 6.07) is 12.1. The molecule has 3 aromatic carbocycles. The molecule has 0 spiro atoms. The van der Waals surface area contributed by atoms with Gasteiger partial charge in [-0.2, -0.15) is 0 Å². The monoisotopic (exact) mass is 666 g/mol. The van der Waals surface area contributed by atoms with Gasteiger partial charge in [-0.15, -0.1) is 0 Å². The second-order valence-electron chi connectivity index (χ2n) is 11.2. The third-order valence-corrected chi connectivity index (χ3v) is 7.95. The minimum absolute atomic E-state index is 0.105. The van der Waals surface area contributed by atoms with E-state index in [2.05, 4.69) is 21.3 Å². The Morgan fingerprint density at radius 2 is 0.833 bits per heavy atom. The van der Waals surface area contributed by atoms with Crippen molar-refractivity contribution < 1.29 is 49.8 Å². The number of amides is 4. The van der Waals surface area contributed by atoms with E-state index >= 15 is 0 Å². The van der Waals surface area contributed by atoms with E-state index in [-0.39, 0.29) is 42.2 Å². The van der Waals surface area contributed by atoms with Crippen LogP contribution < -0.4 is 21.3 Å². The molecule has 14 nitrogen and oxygen atoms in total. The summed E-state index contributed by atoms with van der Waals surface area (Å²) in [6.07, 6.45) is 1.93. The van der Waals surface area contributed by atoms with E-state index in [9.17, 15) is 49.8 Å². The maximum atomic E-state index is 13.6. The van der Waals surface area contributed by atoms with Crippen LogP contribution in [0.5, 0.6) is 34.5 Å².